The number of ether oxygens (including phenoxy) is 1. The summed E-state index contributed by atoms with van der Waals surface area (Å²) in [4.78, 5) is 2.01. The van der Waals surface area contributed by atoms with Gasteiger partial charge >= 0.3 is 0 Å². The zero-order valence-corrected chi connectivity index (χ0v) is 7.99. The lowest BCUT2D eigenvalue weighted by Crippen LogP contribution is -2.15. The molecule has 72 valence electrons. The van der Waals surface area contributed by atoms with Crippen LogP contribution in [0.5, 0.6) is 5.75 Å². The van der Waals surface area contributed by atoms with Crippen molar-refractivity contribution in [1.29, 1.82) is 0 Å². The molecule has 1 rings (SSSR count). The van der Waals surface area contributed by atoms with Gasteiger partial charge in [-0.2, -0.15) is 0 Å². The van der Waals surface area contributed by atoms with Gasteiger partial charge in [0.25, 0.3) is 0 Å². The van der Waals surface area contributed by atoms with E-state index >= 15 is 0 Å². The largest absolute Gasteiger partial charge is 0.852 e. The molecule has 13 heavy (non-hydrogen) atoms. The predicted octanol–water partition coefficient (Wildman–Crippen LogP) is 0.492. The van der Waals surface area contributed by atoms with Gasteiger partial charge in [-0.1, -0.05) is 0 Å². The van der Waals surface area contributed by atoms with Gasteiger partial charge in [-0.25, -0.2) is 0 Å². The van der Waals surface area contributed by atoms with Gasteiger partial charge in [0.15, 0.2) is 0 Å². The highest BCUT2D eigenvalue weighted by atomic mass is 16.5. The van der Waals surface area contributed by atoms with Crippen molar-refractivity contribution in [2.75, 3.05) is 32.2 Å². The Hall–Kier alpha value is -1.22. The van der Waals surface area contributed by atoms with Crippen LogP contribution in [0.4, 0.5) is 5.69 Å². The first-order valence-electron chi connectivity index (χ1n) is 4.22. The standard InChI is InChI=1S/C10H14NO2/c1-11(2)9-3-5-10(6-4-9)13-8-7-12/h3-6H,7-8H2,1-2H3/q-1. The summed E-state index contributed by atoms with van der Waals surface area (Å²) >= 11 is 0. The van der Waals surface area contributed by atoms with Crippen molar-refractivity contribution in [3.05, 3.63) is 24.3 Å². The molecule has 1 aromatic rings. The number of nitrogens with zero attached hydrogens (tertiary/aromatic N) is 1. The van der Waals surface area contributed by atoms with E-state index in [2.05, 4.69) is 0 Å². The summed E-state index contributed by atoms with van der Waals surface area (Å²) in [7, 11) is 3.96. The van der Waals surface area contributed by atoms with Gasteiger partial charge in [-0.15, -0.1) is 6.61 Å². The van der Waals surface area contributed by atoms with Gasteiger partial charge in [-0.05, 0) is 24.3 Å². The molecule has 0 amide bonds. The number of anilines is 1. The average molecular weight is 180 g/mol. The molecule has 3 nitrogen and oxygen atoms in total. The number of rotatable bonds is 4. The summed E-state index contributed by atoms with van der Waals surface area (Å²) < 4.78 is 5.16. The number of hydrogen-bond donors (Lipinski definition) is 0. The van der Waals surface area contributed by atoms with E-state index in [0.29, 0.717) is 0 Å². The van der Waals surface area contributed by atoms with Gasteiger partial charge in [0, 0.05) is 19.8 Å². The third-order valence-electron chi connectivity index (χ3n) is 1.71. The van der Waals surface area contributed by atoms with Crippen LogP contribution < -0.4 is 14.7 Å². The lowest BCUT2D eigenvalue weighted by atomic mass is 10.3. The molecule has 0 N–H and O–H groups in total. The van der Waals surface area contributed by atoms with E-state index in [1.165, 1.54) is 0 Å². The Balaban J connectivity index is 2.59. The van der Waals surface area contributed by atoms with Crippen LogP contribution in [-0.2, 0) is 0 Å². The van der Waals surface area contributed by atoms with Crippen LogP contribution in [0.15, 0.2) is 24.3 Å². The molecule has 0 bridgehead atoms. The maximum Gasteiger partial charge on any atom is 0.119 e. The van der Waals surface area contributed by atoms with E-state index in [9.17, 15) is 5.11 Å². The van der Waals surface area contributed by atoms with Crippen LogP contribution in [0, 0.1) is 0 Å². The second kappa shape index (κ2) is 4.72. The molecular formula is C10H14NO2-. The van der Waals surface area contributed by atoms with E-state index in [-0.39, 0.29) is 13.2 Å². The molecule has 0 fully saturated rings. The molecule has 0 atom stereocenters. The van der Waals surface area contributed by atoms with Gasteiger partial charge in [0.1, 0.15) is 5.75 Å². The maximum absolute atomic E-state index is 10.1. The summed E-state index contributed by atoms with van der Waals surface area (Å²) in [6.07, 6.45) is 0. The lowest BCUT2D eigenvalue weighted by molar-refractivity contribution is -0.370. The normalized spacial score (nSPS) is 9.77. The van der Waals surface area contributed by atoms with Crippen LogP contribution in [-0.4, -0.2) is 27.3 Å². The quantitative estimate of drug-likeness (QED) is 0.676. The molecule has 0 aliphatic heterocycles. The summed E-state index contributed by atoms with van der Waals surface area (Å²) in [5, 5.41) is 10.1. The van der Waals surface area contributed by atoms with Crippen molar-refractivity contribution in [3.63, 3.8) is 0 Å². The van der Waals surface area contributed by atoms with Crippen molar-refractivity contribution in [2.24, 2.45) is 0 Å². The minimum absolute atomic E-state index is 0.199. The summed E-state index contributed by atoms with van der Waals surface area (Å²) in [5.41, 5.74) is 1.12. The highest BCUT2D eigenvalue weighted by Crippen LogP contribution is 2.16. The van der Waals surface area contributed by atoms with Crippen molar-refractivity contribution < 1.29 is 9.84 Å². The van der Waals surface area contributed by atoms with E-state index in [1.54, 1.807) is 0 Å². The minimum Gasteiger partial charge on any atom is -0.852 e. The first-order valence-corrected chi connectivity index (χ1v) is 4.22. The Bertz CT molecular complexity index is 244. The zero-order valence-electron chi connectivity index (χ0n) is 7.99. The molecule has 0 unspecified atom stereocenters. The van der Waals surface area contributed by atoms with Gasteiger partial charge < -0.3 is 14.7 Å². The van der Waals surface area contributed by atoms with E-state index in [0.717, 1.165) is 11.4 Å². The molecule has 0 aromatic heterocycles. The second-order valence-electron chi connectivity index (χ2n) is 2.94. The Labute approximate surface area is 78.6 Å². The van der Waals surface area contributed by atoms with E-state index in [4.69, 9.17) is 4.74 Å². The highest BCUT2D eigenvalue weighted by Gasteiger charge is 1.95. The van der Waals surface area contributed by atoms with Crippen LogP contribution in [0.1, 0.15) is 0 Å². The molecule has 0 saturated heterocycles. The van der Waals surface area contributed by atoms with Crippen LogP contribution in [0.25, 0.3) is 0 Å². The number of hydrogen-bond acceptors (Lipinski definition) is 3. The predicted molar refractivity (Wildman–Crippen MR) is 51.1 cm³/mol. The van der Waals surface area contributed by atoms with Crippen LogP contribution in [0.2, 0.25) is 0 Å². The van der Waals surface area contributed by atoms with Gasteiger partial charge in [0.05, 0.1) is 6.61 Å². The molecule has 0 aliphatic carbocycles. The first kappa shape index (κ1) is 9.86. The van der Waals surface area contributed by atoms with Crippen molar-refractivity contribution in [2.45, 2.75) is 0 Å². The maximum atomic E-state index is 10.1. The Morgan fingerprint density at radius 3 is 2.31 bits per heavy atom. The molecule has 3 heteroatoms. The molecular weight excluding hydrogens is 166 g/mol. The van der Waals surface area contributed by atoms with Crippen LogP contribution in [0.3, 0.4) is 0 Å². The van der Waals surface area contributed by atoms with E-state index in [1.807, 2.05) is 43.3 Å². The van der Waals surface area contributed by atoms with Gasteiger partial charge in [-0.3, -0.25) is 0 Å². The third kappa shape index (κ3) is 2.95. The Morgan fingerprint density at radius 1 is 1.23 bits per heavy atom. The zero-order chi connectivity index (χ0) is 9.68. The summed E-state index contributed by atoms with van der Waals surface area (Å²) in [6.45, 7) is 0.0384. The Morgan fingerprint density at radius 2 is 1.85 bits per heavy atom. The summed E-state index contributed by atoms with van der Waals surface area (Å²) in [6, 6.07) is 7.65. The molecule has 0 saturated carbocycles. The molecule has 0 heterocycles. The van der Waals surface area contributed by atoms with Gasteiger partial charge in [0.2, 0.25) is 0 Å². The van der Waals surface area contributed by atoms with E-state index < -0.39 is 0 Å². The fourth-order valence-electron chi connectivity index (χ4n) is 1.00. The lowest BCUT2D eigenvalue weighted by Gasteiger charge is -2.13. The highest BCUT2D eigenvalue weighted by molar-refractivity contribution is 5.47. The fraction of sp³-hybridized carbons (Fsp3) is 0.400. The molecule has 0 spiro atoms. The average Bonchev–Trinajstić information content (AvgIpc) is 2.15. The molecule has 1 aromatic carbocycles. The van der Waals surface area contributed by atoms with Crippen molar-refractivity contribution in [1.82, 2.24) is 0 Å². The summed E-state index contributed by atoms with van der Waals surface area (Å²) in [5.74, 6) is 0.751. The number of benzene rings is 1. The van der Waals surface area contributed by atoms with Crippen LogP contribution >= 0.6 is 0 Å². The topological polar surface area (TPSA) is 35.5 Å². The second-order valence-corrected chi connectivity index (χ2v) is 2.94. The monoisotopic (exact) mass is 180 g/mol. The molecule has 0 aliphatic rings. The fourth-order valence-corrected chi connectivity index (χ4v) is 1.00. The minimum atomic E-state index is -0.199. The SMILES string of the molecule is CN(C)c1ccc(OCC[O-])cc1. The van der Waals surface area contributed by atoms with Crippen molar-refractivity contribution in [3.8, 4) is 5.75 Å². The smallest absolute Gasteiger partial charge is 0.119 e. The third-order valence-corrected chi connectivity index (χ3v) is 1.71. The molecule has 0 radical (unpaired) electrons. The Kier molecular flexibility index (Phi) is 3.58. The van der Waals surface area contributed by atoms with Crippen molar-refractivity contribution >= 4 is 5.69 Å². The first-order chi connectivity index (χ1) is 6.24.